The molecule has 0 aliphatic carbocycles. The van der Waals surface area contributed by atoms with Crippen molar-refractivity contribution in [2.45, 2.75) is 32.9 Å². The summed E-state index contributed by atoms with van der Waals surface area (Å²) in [6, 6.07) is 24.3. The maximum atomic E-state index is 11.5. The van der Waals surface area contributed by atoms with E-state index in [9.17, 15) is 4.79 Å². The van der Waals surface area contributed by atoms with Crippen molar-refractivity contribution in [2.24, 2.45) is 0 Å². The topological polar surface area (TPSA) is 65.4 Å². The SMILES string of the molecule is CC(=O)Nc1ccc(N2C(=S)N[C@@H](c3ccccn3)[C@@H]2c2cc(C)n(-c3ccc(N(C)C)cc3)c2C)cc1. The van der Waals surface area contributed by atoms with Crippen LogP contribution in [0.4, 0.5) is 17.1 Å². The van der Waals surface area contributed by atoms with Gasteiger partial charge in [0, 0.05) is 61.4 Å². The van der Waals surface area contributed by atoms with Crippen molar-refractivity contribution in [3.8, 4) is 5.69 Å². The highest BCUT2D eigenvalue weighted by Crippen LogP contribution is 2.44. The van der Waals surface area contributed by atoms with Crippen molar-refractivity contribution < 1.29 is 4.79 Å². The molecule has 0 unspecified atom stereocenters. The first-order valence-corrected chi connectivity index (χ1v) is 13.0. The Hall–Kier alpha value is -4.17. The van der Waals surface area contributed by atoms with E-state index in [2.05, 4.69) is 74.2 Å². The van der Waals surface area contributed by atoms with Crippen LogP contribution in [0.25, 0.3) is 5.69 Å². The van der Waals surface area contributed by atoms with Gasteiger partial charge in [-0.1, -0.05) is 6.07 Å². The molecule has 1 aliphatic heterocycles. The second-order valence-electron chi connectivity index (χ2n) is 9.80. The second-order valence-corrected chi connectivity index (χ2v) is 10.2. The maximum absolute atomic E-state index is 11.5. The molecular formula is C30H32N6OS. The van der Waals surface area contributed by atoms with E-state index in [4.69, 9.17) is 12.2 Å². The van der Waals surface area contributed by atoms with Gasteiger partial charge in [-0.15, -0.1) is 0 Å². The van der Waals surface area contributed by atoms with Crippen LogP contribution in [-0.4, -0.2) is 34.7 Å². The van der Waals surface area contributed by atoms with Gasteiger partial charge >= 0.3 is 0 Å². The van der Waals surface area contributed by atoms with E-state index in [1.165, 1.54) is 12.5 Å². The summed E-state index contributed by atoms with van der Waals surface area (Å²) in [6.45, 7) is 5.81. The predicted octanol–water partition coefficient (Wildman–Crippen LogP) is 5.69. The number of rotatable bonds is 6. The van der Waals surface area contributed by atoms with E-state index in [0.29, 0.717) is 5.11 Å². The van der Waals surface area contributed by atoms with Crippen LogP contribution >= 0.6 is 12.2 Å². The average Bonchev–Trinajstić information content (AvgIpc) is 3.39. The Kier molecular flexibility index (Phi) is 6.91. The third kappa shape index (κ3) is 4.75. The van der Waals surface area contributed by atoms with Gasteiger partial charge in [0.25, 0.3) is 0 Å². The van der Waals surface area contributed by atoms with Crippen molar-refractivity contribution in [1.82, 2.24) is 14.9 Å². The number of aryl methyl sites for hydroxylation is 1. The van der Waals surface area contributed by atoms with Gasteiger partial charge in [-0.05, 0) is 98.4 Å². The largest absolute Gasteiger partial charge is 0.378 e. The van der Waals surface area contributed by atoms with E-state index in [1.807, 2.05) is 62.8 Å². The molecule has 1 fully saturated rings. The smallest absolute Gasteiger partial charge is 0.221 e. The van der Waals surface area contributed by atoms with Crippen molar-refractivity contribution >= 4 is 40.3 Å². The molecule has 2 aromatic heterocycles. The van der Waals surface area contributed by atoms with Gasteiger partial charge in [-0.3, -0.25) is 9.78 Å². The van der Waals surface area contributed by atoms with Crippen LogP contribution < -0.4 is 20.4 Å². The van der Waals surface area contributed by atoms with Crippen LogP contribution in [0.5, 0.6) is 0 Å². The minimum Gasteiger partial charge on any atom is -0.378 e. The third-order valence-electron chi connectivity index (χ3n) is 6.98. The molecule has 0 radical (unpaired) electrons. The molecule has 3 heterocycles. The van der Waals surface area contributed by atoms with Crippen molar-refractivity contribution in [3.63, 3.8) is 0 Å². The fourth-order valence-corrected chi connectivity index (χ4v) is 5.59. The number of pyridine rings is 1. The lowest BCUT2D eigenvalue weighted by atomic mass is 9.96. The summed E-state index contributed by atoms with van der Waals surface area (Å²) >= 11 is 5.90. The van der Waals surface area contributed by atoms with E-state index in [1.54, 1.807) is 0 Å². The van der Waals surface area contributed by atoms with E-state index >= 15 is 0 Å². The molecule has 2 aromatic carbocycles. The first-order valence-electron chi connectivity index (χ1n) is 12.6. The number of hydrogen-bond donors (Lipinski definition) is 2. The maximum Gasteiger partial charge on any atom is 0.221 e. The summed E-state index contributed by atoms with van der Waals surface area (Å²) in [5.41, 5.74) is 8.37. The fraction of sp³-hybridized carbons (Fsp3) is 0.233. The number of carbonyl (C=O) groups is 1. The zero-order chi connectivity index (χ0) is 27.0. The zero-order valence-corrected chi connectivity index (χ0v) is 23.1. The fourth-order valence-electron chi connectivity index (χ4n) is 5.24. The van der Waals surface area contributed by atoms with Gasteiger partial charge in [0.1, 0.15) is 0 Å². The van der Waals surface area contributed by atoms with Gasteiger partial charge in [-0.25, -0.2) is 0 Å². The summed E-state index contributed by atoms with van der Waals surface area (Å²) in [4.78, 5) is 20.5. The summed E-state index contributed by atoms with van der Waals surface area (Å²) in [5.74, 6) is -0.102. The number of benzene rings is 2. The Balaban J connectivity index is 1.61. The minimum absolute atomic E-state index is 0.102. The molecule has 38 heavy (non-hydrogen) atoms. The highest BCUT2D eigenvalue weighted by molar-refractivity contribution is 7.80. The Bertz CT molecular complexity index is 1460. The first-order chi connectivity index (χ1) is 18.2. The molecule has 5 rings (SSSR count). The molecule has 194 valence electrons. The molecule has 1 amide bonds. The van der Waals surface area contributed by atoms with Gasteiger partial charge in [0.2, 0.25) is 5.91 Å². The minimum atomic E-state index is -0.135. The summed E-state index contributed by atoms with van der Waals surface area (Å²) in [5, 5.41) is 7.02. The molecular weight excluding hydrogens is 492 g/mol. The molecule has 4 aromatic rings. The van der Waals surface area contributed by atoms with Crippen LogP contribution in [0, 0.1) is 13.8 Å². The second kappa shape index (κ2) is 10.3. The number of anilines is 3. The zero-order valence-electron chi connectivity index (χ0n) is 22.3. The van der Waals surface area contributed by atoms with Crippen molar-refractivity contribution in [3.05, 3.63) is 102 Å². The third-order valence-corrected chi connectivity index (χ3v) is 7.29. The van der Waals surface area contributed by atoms with Crippen LogP contribution in [0.1, 0.15) is 41.7 Å². The Morgan fingerprint density at radius 1 is 1.00 bits per heavy atom. The normalized spacial score (nSPS) is 16.9. The highest BCUT2D eigenvalue weighted by Gasteiger charge is 2.42. The van der Waals surface area contributed by atoms with E-state index < -0.39 is 0 Å². The first kappa shape index (κ1) is 25.5. The molecule has 0 spiro atoms. The molecule has 0 bridgehead atoms. The average molecular weight is 525 g/mol. The number of nitrogens with zero attached hydrogens (tertiary/aromatic N) is 4. The number of thiocarbonyl (C=S) groups is 1. The Morgan fingerprint density at radius 3 is 2.29 bits per heavy atom. The Labute approximate surface area is 229 Å². The molecule has 7 nitrogen and oxygen atoms in total. The molecule has 0 saturated carbocycles. The summed E-state index contributed by atoms with van der Waals surface area (Å²) in [7, 11) is 4.09. The number of nitrogens with one attached hydrogen (secondary N) is 2. The lowest BCUT2D eigenvalue weighted by Crippen LogP contribution is -2.29. The summed E-state index contributed by atoms with van der Waals surface area (Å²) in [6.07, 6.45) is 1.82. The molecule has 2 N–H and O–H groups in total. The molecule has 2 atom stereocenters. The molecule has 8 heteroatoms. The molecule has 1 aliphatic rings. The number of hydrogen-bond acceptors (Lipinski definition) is 4. The Morgan fingerprint density at radius 2 is 1.68 bits per heavy atom. The summed E-state index contributed by atoms with van der Waals surface area (Å²) < 4.78 is 2.30. The van der Waals surface area contributed by atoms with Crippen LogP contribution in [0.2, 0.25) is 0 Å². The molecule has 1 saturated heterocycles. The standard InChI is InChI=1S/C30H32N6OS/c1-19-18-26(20(2)35(19)24-15-13-23(14-16-24)34(4)5)29-28(27-8-6-7-17-31-27)33-30(38)36(29)25-11-9-22(10-12-25)32-21(3)37/h6-18,28-29H,1-5H3,(H,32,37)(H,33,38)/t28-,29-/m0/s1. The predicted molar refractivity (Wildman–Crippen MR) is 158 cm³/mol. The van der Waals surface area contributed by atoms with E-state index in [-0.39, 0.29) is 18.0 Å². The van der Waals surface area contributed by atoms with Gasteiger partial charge in [0.15, 0.2) is 5.11 Å². The number of amides is 1. The van der Waals surface area contributed by atoms with Crippen molar-refractivity contribution in [1.29, 1.82) is 0 Å². The lowest BCUT2D eigenvalue weighted by molar-refractivity contribution is -0.114. The monoisotopic (exact) mass is 524 g/mol. The van der Waals surface area contributed by atoms with Crippen LogP contribution in [0.3, 0.4) is 0 Å². The van der Waals surface area contributed by atoms with Crippen LogP contribution in [0.15, 0.2) is 79.0 Å². The van der Waals surface area contributed by atoms with Crippen LogP contribution in [-0.2, 0) is 4.79 Å². The van der Waals surface area contributed by atoms with E-state index in [0.717, 1.165) is 39.8 Å². The van der Waals surface area contributed by atoms with Gasteiger partial charge in [-0.2, -0.15) is 0 Å². The van der Waals surface area contributed by atoms with Crippen molar-refractivity contribution in [2.75, 3.05) is 29.2 Å². The van der Waals surface area contributed by atoms with Gasteiger partial charge in [0.05, 0.1) is 17.8 Å². The van der Waals surface area contributed by atoms with Gasteiger partial charge < -0.3 is 25.0 Å². The quantitative estimate of drug-likeness (QED) is 0.316. The number of carbonyl (C=O) groups excluding carboxylic acids is 1. The number of aromatic nitrogens is 2. The highest BCUT2D eigenvalue weighted by atomic mass is 32.1. The lowest BCUT2D eigenvalue weighted by Gasteiger charge is -2.28.